The summed E-state index contributed by atoms with van der Waals surface area (Å²) in [5.74, 6) is 1.57. The van der Waals surface area contributed by atoms with Crippen LogP contribution in [0.2, 0.25) is 0 Å². The van der Waals surface area contributed by atoms with Crippen LogP contribution in [0.3, 0.4) is 0 Å². The second-order valence-electron chi connectivity index (χ2n) is 6.26. The van der Waals surface area contributed by atoms with Crippen LogP contribution < -0.4 is 19.5 Å². The van der Waals surface area contributed by atoms with Crippen molar-refractivity contribution in [3.05, 3.63) is 59.2 Å². The number of carbonyl (C=O) groups excluding carboxylic acids is 1. The van der Waals surface area contributed by atoms with Gasteiger partial charge in [-0.3, -0.25) is 10.1 Å². The molecule has 2 heterocycles. The van der Waals surface area contributed by atoms with Crippen LogP contribution in [0.15, 0.2) is 53.2 Å². The molecule has 0 unspecified atom stereocenters. The van der Waals surface area contributed by atoms with Crippen molar-refractivity contribution in [2.75, 3.05) is 18.4 Å². The number of carbonyl (C=O) groups is 1. The van der Waals surface area contributed by atoms with E-state index < -0.39 is 5.91 Å². The Morgan fingerprint density at radius 2 is 2.10 bits per heavy atom. The number of nitrogens with one attached hydrogen (secondary N) is 1. The molecule has 10 heteroatoms. The molecule has 0 saturated carbocycles. The Morgan fingerprint density at radius 1 is 1.29 bits per heavy atom. The molecule has 0 saturated heterocycles. The summed E-state index contributed by atoms with van der Waals surface area (Å²) in [5, 5.41) is 12.9. The summed E-state index contributed by atoms with van der Waals surface area (Å²) in [6.45, 7) is 0.606. The molecule has 1 aromatic heterocycles. The molecular formula is C21H16N4O4S2. The Morgan fingerprint density at radius 3 is 2.84 bits per heavy atom. The number of nitrogens with zero attached hydrogens (tertiary/aromatic N) is 3. The predicted molar refractivity (Wildman–Crippen MR) is 117 cm³/mol. The molecule has 0 aliphatic carbocycles. The molecule has 31 heavy (non-hydrogen) atoms. The van der Waals surface area contributed by atoms with Crippen molar-refractivity contribution in [3.63, 3.8) is 0 Å². The minimum absolute atomic E-state index is 0.0325. The third-order valence-electron chi connectivity index (χ3n) is 4.21. The van der Waals surface area contributed by atoms with Crippen LogP contribution in [-0.2, 0) is 11.4 Å². The van der Waals surface area contributed by atoms with Gasteiger partial charge in [-0.2, -0.15) is 14.6 Å². The number of hydrogen-bond acceptors (Lipinski definition) is 9. The highest BCUT2D eigenvalue weighted by atomic mass is 32.2. The van der Waals surface area contributed by atoms with Gasteiger partial charge in [-0.25, -0.2) is 0 Å². The third-order valence-corrected chi connectivity index (χ3v) is 5.50. The number of anilines is 1. The average molecular weight is 453 g/mol. The molecular weight excluding hydrogens is 436 g/mol. The first-order valence-corrected chi connectivity index (χ1v) is 11.1. The van der Waals surface area contributed by atoms with Crippen molar-refractivity contribution in [2.24, 2.45) is 0 Å². The molecule has 0 atom stereocenters. The Bertz CT molecular complexity index is 1170. The fourth-order valence-corrected chi connectivity index (χ4v) is 3.80. The number of fused-ring (bicyclic) bond motifs is 1. The van der Waals surface area contributed by atoms with E-state index >= 15 is 0 Å². The minimum Gasteiger partial charge on any atom is -0.489 e. The van der Waals surface area contributed by atoms with Crippen LogP contribution in [-0.4, -0.2) is 28.3 Å². The maximum Gasteiger partial charge on any atom is 0.268 e. The summed E-state index contributed by atoms with van der Waals surface area (Å²) in [6.07, 6.45) is 3.35. The fourth-order valence-electron chi connectivity index (χ4n) is 2.68. The molecule has 4 rings (SSSR count). The van der Waals surface area contributed by atoms with Gasteiger partial charge in [0, 0.05) is 11.5 Å². The van der Waals surface area contributed by atoms with Crippen molar-refractivity contribution >= 4 is 40.4 Å². The monoisotopic (exact) mass is 452 g/mol. The summed E-state index contributed by atoms with van der Waals surface area (Å²) >= 11 is 2.44. The number of rotatable bonds is 7. The number of nitriles is 1. The van der Waals surface area contributed by atoms with Gasteiger partial charge in [0.25, 0.3) is 5.91 Å². The maximum absolute atomic E-state index is 12.3. The SMILES string of the molecule is CSc1nsc(NC(=O)/C(C#N)=C\c2ccc(OCc3ccc4c(c3)OCO4)cc2)n1. The number of aromatic nitrogens is 2. The Hall–Kier alpha value is -3.55. The zero-order valence-corrected chi connectivity index (χ0v) is 18.0. The summed E-state index contributed by atoms with van der Waals surface area (Å²) < 4.78 is 20.5. The van der Waals surface area contributed by atoms with Crippen LogP contribution >= 0.6 is 23.3 Å². The second kappa shape index (κ2) is 9.51. The first kappa shape index (κ1) is 20.7. The van der Waals surface area contributed by atoms with E-state index in [1.807, 2.05) is 30.5 Å². The van der Waals surface area contributed by atoms with Crippen LogP contribution in [0.1, 0.15) is 11.1 Å². The van der Waals surface area contributed by atoms with Gasteiger partial charge in [0.05, 0.1) is 0 Å². The van der Waals surface area contributed by atoms with E-state index in [0.29, 0.717) is 34.0 Å². The number of ether oxygens (including phenoxy) is 3. The molecule has 0 fully saturated rings. The molecule has 1 aliphatic heterocycles. The number of hydrogen-bond donors (Lipinski definition) is 1. The van der Waals surface area contributed by atoms with Gasteiger partial charge in [-0.15, -0.1) is 0 Å². The molecule has 2 aromatic carbocycles. The maximum atomic E-state index is 12.3. The fraction of sp³-hybridized carbons (Fsp3) is 0.143. The largest absolute Gasteiger partial charge is 0.489 e. The van der Waals surface area contributed by atoms with Crippen LogP contribution in [0.4, 0.5) is 5.13 Å². The van der Waals surface area contributed by atoms with Gasteiger partial charge in [-0.1, -0.05) is 30.0 Å². The van der Waals surface area contributed by atoms with Gasteiger partial charge >= 0.3 is 0 Å². The first-order chi connectivity index (χ1) is 15.1. The molecule has 156 valence electrons. The predicted octanol–water partition coefficient (Wildman–Crippen LogP) is 4.11. The molecule has 0 radical (unpaired) electrons. The van der Waals surface area contributed by atoms with Crippen LogP contribution in [0, 0.1) is 11.3 Å². The second-order valence-corrected chi connectivity index (χ2v) is 7.78. The molecule has 1 aliphatic rings. The smallest absolute Gasteiger partial charge is 0.268 e. The topological polar surface area (TPSA) is 106 Å². The first-order valence-electron chi connectivity index (χ1n) is 9.07. The Labute approximate surface area is 186 Å². The highest BCUT2D eigenvalue weighted by Gasteiger charge is 2.14. The summed E-state index contributed by atoms with van der Waals surface area (Å²) in [6, 6.07) is 14.7. The van der Waals surface area contributed by atoms with E-state index in [9.17, 15) is 10.1 Å². The van der Waals surface area contributed by atoms with E-state index in [1.165, 1.54) is 17.8 Å². The molecule has 0 spiro atoms. The van der Waals surface area contributed by atoms with E-state index in [2.05, 4.69) is 14.7 Å². The van der Waals surface area contributed by atoms with Gasteiger partial charge in [0.15, 0.2) is 11.5 Å². The quantitative estimate of drug-likeness (QED) is 0.324. The van der Waals surface area contributed by atoms with Crippen LogP contribution in [0.5, 0.6) is 17.2 Å². The molecule has 1 amide bonds. The van der Waals surface area contributed by atoms with Gasteiger partial charge in [-0.05, 0) is 47.7 Å². The lowest BCUT2D eigenvalue weighted by Gasteiger charge is -2.07. The van der Waals surface area contributed by atoms with Crippen molar-refractivity contribution in [3.8, 4) is 23.3 Å². The highest BCUT2D eigenvalue weighted by Crippen LogP contribution is 2.32. The normalized spacial score (nSPS) is 12.3. The molecule has 0 bridgehead atoms. The Kier molecular flexibility index (Phi) is 6.35. The van der Waals surface area contributed by atoms with Crippen molar-refractivity contribution in [1.82, 2.24) is 9.36 Å². The summed E-state index contributed by atoms with van der Waals surface area (Å²) in [5.41, 5.74) is 1.62. The van der Waals surface area contributed by atoms with E-state index in [0.717, 1.165) is 22.8 Å². The lowest BCUT2D eigenvalue weighted by molar-refractivity contribution is -0.112. The third kappa shape index (κ3) is 5.14. The average Bonchev–Trinajstić information content (AvgIpc) is 3.45. The Balaban J connectivity index is 1.37. The molecule has 3 aromatic rings. The van der Waals surface area contributed by atoms with Gasteiger partial charge in [0.2, 0.25) is 17.1 Å². The van der Waals surface area contributed by atoms with E-state index in [1.54, 1.807) is 24.3 Å². The number of thioether (sulfide) groups is 1. The van der Waals surface area contributed by atoms with Gasteiger partial charge in [0.1, 0.15) is 24.0 Å². The van der Waals surface area contributed by atoms with Crippen molar-refractivity contribution < 1.29 is 19.0 Å². The summed E-state index contributed by atoms with van der Waals surface area (Å²) in [7, 11) is 0. The minimum atomic E-state index is -0.533. The number of amides is 1. The van der Waals surface area contributed by atoms with Crippen molar-refractivity contribution in [1.29, 1.82) is 5.26 Å². The lowest BCUT2D eigenvalue weighted by atomic mass is 10.1. The standard InChI is InChI=1S/C21H16N4O4S2/c1-30-21-24-20(31-25-21)23-19(26)15(10-22)8-13-2-5-16(6-3-13)27-11-14-4-7-17-18(9-14)29-12-28-17/h2-9H,11-12H2,1H3,(H,23,24,25,26)/b15-8-. The lowest BCUT2D eigenvalue weighted by Crippen LogP contribution is -2.13. The van der Waals surface area contributed by atoms with Crippen LogP contribution in [0.25, 0.3) is 6.08 Å². The molecule has 8 nitrogen and oxygen atoms in total. The zero-order valence-electron chi connectivity index (χ0n) is 16.3. The summed E-state index contributed by atoms with van der Waals surface area (Å²) in [4.78, 5) is 16.5. The molecule has 1 N–H and O–H groups in total. The van der Waals surface area contributed by atoms with Crippen molar-refractivity contribution in [2.45, 2.75) is 11.8 Å². The zero-order chi connectivity index (χ0) is 21.6. The number of benzene rings is 2. The highest BCUT2D eigenvalue weighted by molar-refractivity contribution is 7.98. The van der Waals surface area contributed by atoms with E-state index in [4.69, 9.17) is 14.2 Å². The van der Waals surface area contributed by atoms with E-state index in [-0.39, 0.29) is 12.4 Å². The van der Waals surface area contributed by atoms with Gasteiger partial charge < -0.3 is 14.2 Å².